The minimum atomic E-state index is 0.547. The first kappa shape index (κ1) is 13.2. The zero-order valence-corrected chi connectivity index (χ0v) is 12.3. The summed E-state index contributed by atoms with van der Waals surface area (Å²) in [5.41, 5.74) is 1.47. The van der Waals surface area contributed by atoms with Crippen LogP contribution in [-0.4, -0.2) is 6.04 Å². The second-order valence-electron chi connectivity index (χ2n) is 7.04. The van der Waals surface area contributed by atoms with Gasteiger partial charge in [-0.15, -0.1) is 0 Å². The predicted octanol–water partition coefficient (Wildman–Crippen LogP) is 4.55. The Morgan fingerprint density at radius 3 is 2.47 bits per heavy atom. The van der Waals surface area contributed by atoms with Gasteiger partial charge in [-0.2, -0.15) is 0 Å². The first-order valence-electron chi connectivity index (χ1n) is 8.03. The average molecular weight is 257 g/mol. The van der Waals surface area contributed by atoms with E-state index in [1.54, 1.807) is 0 Å². The van der Waals surface area contributed by atoms with Crippen LogP contribution in [0.25, 0.3) is 0 Å². The number of fused-ring (bicyclic) bond motifs is 2. The van der Waals surface area contributed by atoms with Crippen molar-refractivity contribution in [3.8, 4) is 0 Å². The van der Waals surface area contributed by atoms with Crippen LogP contribution in [0.5, 0.6) is 0 Å². The molecule has 0 radical (unpaired) electrons. The topological polar surface area (TPSA) is 12.0 Å². The quantitative estimate of drug-likeness (QED) is 0.816. The first-order chi connectivity index (χ1) is 9.22. The van der Waals surface area contributed by atoms with Crippen LogP contribution in [0.2, 0.25) is 0 Å². The summed E-state index contributed by atoms with van der Waals surface area (Å²) in [5.74, 6) is 2.73. The number of benzene rings is 1. The van der Waals surface area contributed by atoms with Crippen molar-refractivity contribution in [2.45, 2.75) is 58.0 Å². The number of hydrogen-bond donors (Lipinski definition) is 1. The van der Waals surface area contributed by atoms with Gasteiger partial charge in [0.05, 0.1) is 0 Å². The zero-order chi connectivity index (χ0) is 13.2. The Bertz CT molecular complexity index is 397. The molecule has 4 atom stereocenters. The Balaban J connectivity index is 1.69. The number of rotatable bonds is 5. The molecule has 0 aromatic heterocycles. The fourth-order valence-electron chi connectivity index (χ4n) is 4.16. The summed E-state index contributed by atoms with van der Waals surface area (Å²) in [6.07, 6.45) is 7.11. The minimum Gasteiger partial charge on any atom is -0.307 e. The van der Waals surface area contributed by atoms with Gasteiger partial charge in [-0.3, -0.25) is 0 Å². The molecule has 0 saturated heterocycles. The molecule has 2 aliphatic rings. The lowest BCUT2D eigenvalue weighted by atomic mass is 9.91. The predicted molar refractivity (Wildman–Crippen MR) is 81.0 cm³/mol. The third-order valence-electron chi connectivity index (χ3n) is 5.06. The van der Waals surface area contributed by atoms with Crippen molar-refractivity contribution in [2.24, 2.45) is 17.8 Å². The third kappa shape index (κ3) is 3.02. The second-order valence-corrected chi connectivity index (χ2v) is 7.04. The van der Waals surface area contributed by atoms with Crippen molar-refractivity contribution < 1.29 is 0 Å². The van der Waals surface area contributed by atoms with E-state index in [0.717, 1.165) is 23.8 Å². The molecular weight excluding hydrogens is 230 g/mol. The Hall–Kier alpha value is -0.820. The summed E-state index contributed by atoms with van der Waals surface area (Å²) in [6, 6.07) is 12.4. The summed E-state index contributed by atoms with van der Waals surface area (Å²) < 4.78 is 0. The molecule has 2 bridgehead atoms. The summed E-state index contributed by atoms with van der Waals surface area (Å²) in [6.45, 7) is 4.66. The van der Waals surface area contributed by atoms with Crippen molar-refractivity contribution in [3.05, 3.63) is 35.9 Å². The van der Waals surface area contributed by atoms with E-state index in [4.69, 9.17) is 0 Å². The van der Waals surface area contributed by atoms with Gasteiger partial charge in [-0.25, -0.2) is 0 Å². The van der Waals surface area contributed by atoms with Crippen LogP contribution >= 0.6 is 0 Å². The smallest absolute Gasteiger partial charge is 0.0325 e. The molecule has 2 saturated carbocycles. The van der Waals surface area contributed by atoms with E-state index >= 15 is 0 Å². The van der Waals surface area contributed by atoms with Crippen molar-refractivity contribution >= 4 is 0 Å². The highest BCUT2D eigenvalue weighted by atomic mass is 15.0. The van der Waals surface area contributed by atoms with Gasteiger partial charge in [0.15, 0.2) is 0 Å². The fraction of sp³-hybridized carbons (Fsp3) is 0.667. The lowest BCUT2D eigenvalue weighted by Gasteiger charge is -2.30. The van der Waals surface area contributed by atoms with Crippen LogP contribution in [0, 0.1) is 17.8 Å². The summed E-state index contributed by atoms with van der Waals surface area (Å²) >= 11 is 0. The summed E-state index contributed by atoms with van der Waals surface area (Å²) in [4.78, 5) is 0. The van der Waals surface area contributed by atoms with Crippen LogP contribution in [0.1, 0.15) is 57.6 Å². The highest BCUT2D eigenvalue weighted by molar-refractivity contribution is 5.19. The molecule has 19 heavy (non-hydrogen) atoms. The van der Waals surface area contributed by atoms with Crippen LogP contribution in [0.3, 0.4) is 0 Å². The van der Waals surface area contributed by atoms with E-state index in [-0.39, 0.29) is 0 Å². The molecule has 104 valence electrons. The van der Waals surface area contributed by atoms with Crippen molar-refractivity contribution in [3.63, 3.8) is 0 Å². The van der Waals surface area contributed by atoms with Crippen LogP contribution < -0.4 is 5.32 Å². The highest BCUT2D eigenvalue weighted by Crippen LogP contribution is 2.45. The Labute approximate surface area is 117 Å². The van der Waals surface area contributed by atoms with Crippen molar-refractivity contribution in [1.29, 1.82) is 0 Å². The molecule has 0 spiro atoms. The van der Waals surface area contributed by atoms with Gasteiger partial charge in [0, 0.05) is 12.1 Å². The standard InChI is InChI=1S/C18H27N/c1-13(2)10-17(15-6-4-3-5-7-15)19-18-12-14-8-9-16(18)11-14/h3-7,13-14,16-19H,8-12H2,1-2H3. The zero-order valence-electron chi connectivity index (χ0n) is 12.3. The molecule has 1 N–H and O–H groups in total. The van der Waals surface area contributed by atoms with Crippen LogP contribution in [-0.2, 0) is 0 Å². The van der Waals surface area contributed by atoms with Gasteiger partial charge in [-0.05, 0) is 49.0 Å². The molecule has 2 aliphatic carbocycles. The molecule has 4 unspecified atom stereocenters. The van der Waals surface area contributed by atoms with E-state index in [9.17, 15) is 0 Å². The second kappa shape index (κ2) is 5.66. The molecular formula is C18H27N. The van der Waals surface area contributed by atoms with Gasteiger partial charge < -0.3 is 5.32 Å². The maximum atomic E-state index is 4.00. The Morgan fingerprint density at radius 2 is 1.89 bits per heavy atom. The van der Waals surface area contributed by atoms with Gasteiger partial charge in [0.25, 0.3) is 0 Å². The molecule has 1 aromatic carbocycles. The monoisotopic (exact) mass is 257 g/mol. The van der Waals surface area contributed by atoms with E-state index in [1.165, 1.54) is 37.7 Å². The molecule has 3 rings (SSSR count). The Morgan fingerprint density at radius 1 is 1.11 bits per heavy atom. The number of nitrogens with one attached hydrogen (secondary N) is 1. The van der Waals surface area contributed by atoms with Gasteiger partial charge in [0.1, 0.15) is 0 Å². The van der Waals surface area contributed by atoms with Gasteiger partial charge in [-0.1, -0.05) is 50.6 Å². The van der Waals surface area contributed by atoms with Gasteiger partial charge in [0.2, 0.25) is 0 Å². The molecule has 1 heteroatoms. The molecule has 1 aromatic rings. The highest BCUT2D eigenvalue weighted by Gasteiger charge is 2.40. The van der Waals surface area contributed by atoms with E-state index in [2.05, 4.69) is 49.5 Å². The van der Waals surface area contributed by atoms with E-state index in [0.29, 0.717) is 6.04 Å². The fourth-order valence-corrected chi connectivity index (χ4v) is 4.16. The van der Waals surface area contributed by atoms with E-state index in [1.807, 2.05) is 0 Å². The molecule has 0 amide bonds. The van der Waals surface area contributed by atoms with Crippen molar-refractivity contribution in [2.75, 3.05) is 0 Å². The maximum absolute atomic E-state index is 4.00. The lowest BCUT2D eigenvalue weighted by Crippen LogP contribution is -2.37. The Kier molecular flexibility index (Phi) is 3.93. The lowest BCUT2D eigenvalue weighted by molar-refractivity contribution is 0.298. The SMILES string of the molecule is CC(C)CC(NC1CC2CCC1C2)c1ccccc1. The average Bonchev–Trinajstić information content (AvgIpc) is 3.01. The van der Waals surface area contributed by atoms with Crippen LogP contribution in [0.15, 0.2) is 30.3 Å². The minimum absolute atomic E-state index is 0.547. The van der Waals surface area contributed by atoms with Crippen molar-refractivity contribution in [1.82, 2.24) is 5.32 Å². The van der Waals surface area contributed by atoms with Crippen LogP contribution in [0.4, 0.5) is 0 Å². The molecule has 0 aliphatic heterocycles. The van der Waals surface area contributed by atoms with Gasteiger partial charge >= 0.3 is 0 Å². The summed E-state index contributed by atoms with van der Waals surface area (Å²) in [5, 5.41) is 4.00. The summed E-state index contributed by atoms with van der Waals surface area (Å²) in [7, 11) is 0. The third-order valence-corrected chi connectivity index (χ3v) is 5.06. The normalized spacial score (nSPS) is 31.0. The number of hydrogen-bond acceptors (Lipinski definition) is 1. The van der Waals surface area contributed by atoms with E-state index < -0.39 is 0 Å². The maximum Gasteiger partial charge on any atom is 0.0325 e. The molecule has 2 fully saturated rings. The molecule has 1 nitrogen and oxygen atoms in total. The first-order valence-corrected chi connectivity index (χ1v) is 8.03. The molecule has 0 heterocycles. The largest absolute Gasteiger partial charge is 0.307 e.